The number of rotatable bonds is 5. The molecule has 0 saturated carbocycles. The van der Waals surface area contributed by atoms with Gasteiger partial charge in [-0.05, 0) is 30.7 Å². The van der Waals surface area contributed by atoms with Gasteiger partial charge in [0.25, 0.3) is 10.2 Å². The third-order valence-electron chi connectivity index (χ3n) is 5.58. The molecule has 27 heavy (non-hydrogen) atoms. The number of benzene rings is 1. The van der Waals surface area contributed by atoms with Crippen LogP contribution in [0.4, 0.5) is 0 Å². The predicted octanol–water partition coefficient (Wildman–Crippen LogP) is 2.11. The molecule has 148 valence electrons. The maximum absolute atomic E-state index is 13.2. The maximum atomic E-state index is 13.2. The molecular formula is C20H29N3O3S. The first-order chi connectivity index (χ1) is 12.9. The number of allylic oxidation sites excluding steroid dienone is 1. The van der Waals surface area contributed by atoms with Gasteiger partial charge in [0.05, 0.1) is 0 Å². The molecule has 2 aliphatic rings. The smallest absolute Gasteiger partial charge is 0.281 e. The number of hydrogen-bond donors (Lipinski definition) is 0. The molecule has 1 atom stereocenters. The van der Waals surface area contributed by atoms with Crippen LogP contribution in [0.2, 0.25) is 0 Å². The van der Waals surface area contributed by atoms with Gasteiger partial charge in [0, 0.05) is 46.2 Å². The topological polar surface area (TPSA) is 60.9 Å². The SMILES string of the molecule is CN(C)S(=O)(=O)N1CCC([C@@H]2CC=CCN(Cc3ccccc3)C2=O)CC1. The number of carbonyl (C=O) groups excluding carboxylic acids is 1. The Bertz CT molecular complexity index is 769. The number of piperidine rings is 1. The van der Waals surface area contributed by atoms with Gasteiger partial charge in [-0.15, -0.1) is 0 Å². The minimum absolute atomic E-state index is 0.0586. The van der Waals surface area contributed by atoms with Gasteiger partial charge in [0.1, 0.15) is 0 Å². The molecule has 1 saturated heterocycles. The third-order valence-corrected chi connectivity index (χ3v) is 7.52. The van der Waals surface area contributed by atoms with Gasteiger partial charge in [-0.3, -0.25) is 4.79 Å². The number of carbonyl (C=O) groups is 1. The lowest BCUT2D eigenvalue weighted by atomic mass is 9.82. The van der Waals surface area contributed by atoms with Crippen LogP contribution in [0.5, 0.6) is 0 Å². The van der Waals surface area contributed by atoms with Crippen LogP contribution >= 0.6 is 0 Å². The first-order valence-corrected chi connectivity index (χ1v) is 10.9. The zero-order chi connectivity index (χ0) is 19.4. The van der Waals surface area contributed by atoms with E-state index in [1.165, 1.54) is 8.61 Å². The van der Waals surface area contributed by atoms with E-state index in [2.05, 4.69) is 12.2 Å². The van der Waals surface area contributed by atoms with Crippen molar-refractivity contribution in [3.8, 4) is 0 Å². The Morgan fingerprint density at radius 1 is 1.07 bits per heavy atom. The second kappa shape index (κ2) is 8.54. The normalized spacial score (nSPS) is 23.0. The predicted molar refractivity (Wildman–Crippen MR) is 106 cm³/mol. The van der Waals surface area contributed by atoms with Crippen LogP contribution in [-0.2, 0) is 21.5 Å². The summed E-state index contributed by atoms with van der Waals surface area (Å²) in [5, 5.41) is 0. The summed E-state index contributed by atoms with van der Waals surface area (Å²) in [5.74, 6) is 0.363. The summed E-state index contributed by atoms with van der Waals surface area (Å²) < 4.78 is 27.4. The molecule has 0 aromatic heterocycles. The van der Waals surface area contributed by atoms with Crippen LogP contribution in [-0.4, -0.2) is 61.6 Å². The number of nitrogens with zero attached hydrogens (tertiary/aromatic N) is 3. The summed E-state index contributed by atoms with van der Waals surface area (Å²) in [7, 11) is -0.253. The second-order valence-corrected chi connectivity index (χ2v) is 9.69. The molecule has 2 aliphatic heterocycles. The average Bonchev–Trinajstić information content (AvgIpc) is 2.84. The third kappa shape index (κ3) is 4.59. The first-order valence-electron chi connectivity index (χ1n) is 9.55. The summed E-state index contributed by atoms with van der Waals surface area (Å²) in [4.78, 5) is 15.1. The van der Waals surface area contributed by atoms with Crippen molar-refractivity contribution in [2.24, 2.45) is 11.8 Å². The molecule has 0 unspecified atom stereocenters. The lowest BCUT2D eigenvalue weighted by molar-refractivity contribution is -0.137. The van der Waals surface area contributed by atoms with Crippen molar-refractivity contribution in [2.45, 2.75) is 25.8 Å². The van der Waals surface area contributed by atoms with Crippen LogP contribution in [0.1, 0.15) is 24.8 Å². The molecule has 0 aliphatic carbocycles. The first kappa shape index (κ1) is 20.0. The standard InChI is InChI=1S/C20H29N3O3S/c1-21(2)27(25,26)23-14-11-18(12-15-23)19-10-6-7-13-22(20(19)24)16-17-8-4-3-5-9-17/h3-9,18-19H,10-16H2,1-2H3/t19-/m0/s1. The molecule has 0 bridgehead atoms. The van der Waals surface area contributed by atoms with Crippen molar-refractivity contribution in [1.29, 1.82) is 0 Å². The fourth-order valence-electron chi connectivity index (χ4n) is 3.95. The van der Waals surface area contributed by atoms with Crippen molar-refractivity contribution in [3.63, 3.8) is 0 Å². The molecule has 1 amide bonds. The molecule has 1 aromatic carbocycles. The lowest BCUT2D eigenvalue weighted by Crippen LogP contribution is -2.47. The molecule has 0 radical (unpaired) electrons. The number of hydrogen-bond acceptors (Lipinski definition) is 3. The highest BCUT2D eigenvalue weighted by molar-refractivity contribution is 7.86. The number of amides is 1. The highest BCUT2D eigenvalue weighted by Crippen LogP contribution is 2.32. The van der Waals surface area contributed by atoms with E-state index < -0.39 is 10.2 Å². The van der Waals surface area contributed by atoms with Crippen molar-refractivity contribution in [3.05, 3.63) is 48.0 Å². The van der Waals surface area contributed by atoms with E-state index in [0.717, 1.165) is 24.8 Å². The quantitative estimate of drug-likeness (QED) is 0.723. The lowest BCUT2D eigenvalue weighted by Gasteiger charge is -2.36. The Kier molecular flexibility index (Phi) is 6.34. The highest BCUT2D eigenvalue weighted by atomic mass is 32.2. The Morgan fingerprint density at radius 3 is 2.37 bits per heavy atom. The van der Waals surface area contributed by atoms with Crippen molar-refractivity contribution in [2.75, 3.05) is 33.7 Å². The van der Waals surface area contributed by atoms with Crippen LogP contribution < -0.4 is 0 Å². The second-order valence-electron chi connectivity index (χ2n) is 7.54. The van der Waals surface area contributed by atoms with E-state index in [0.29, 0.717) is 26.2 Å². The van der Waals surface area contributed by atoms with Gasteiger partial charge in [-0.25, -0.2) is 0 Å². The van der Waals surface area contributed by atoms with E-state index in [9.17, 15) is 13.2 Å². The summed E-state index contributed by atoms with van der Waals surface area (Å²) in [6.45, 7) is 2.22. The molecule has 2 heterocycles. The highest BCUT2D eigenvalue weighted by Gasteiger charge is 2.37. The Labute approximate surface area is 162 Å². The van der Waals surface area contributed by atoms with Crippen molar-refractivity contribution < 1.29 is 13.2 Å². The molecule has 0 spiro atoms. The van der Waals surface area contributed by atoms with Gasteiger partial charge in [0.15, 0.2) is 0 Å². The van der Waals surface area contributed by atoms with Gasteiger partial charge in [-0.2, -0.15) is 17.0 Å². The summed E-state index contributed by atoms with van der Waals surface area (Å²) in [5.41, 5.74) is 1.13. The van der Waals surface area contributed by atoms with Crippen LogP contribution in [0.15, 0.2) is 42.5 Å². The van der Waals surface area contributed by atoms with E-state index in [1.807, 2.05) is 35.2 Å². The Balaban J connectivity index is 1.66. The minimum atomic E-state index is -3.37. The summed E-state index contributed by atoms with van der Waals surface area (Å²) in [6, 6.07) is 10.0. The van der Waals surface area contributed by atoms with E-state index in [-0.39, 0.29) is 17.7 Å². The van der Waals surface area contributed by atoms with Crippen molar-refractivity contribution >= 4 is 16.1 Å². The van der Waals surface area contributed by atoms with Crippen LogP contribution in [0.3, 0.4) is 0 Å². The van der Waals surface area contributed by atoms with Gasteiger partial charge < -0.3 is 4.90 Å². The Morgan fingerprint density at radius 2 is 1.74 bits per heavy atom. The molecular weight excluding hydrogens is 362 g/mol. The van der Waals surface area contributed by atoms with Gasteiger partial charge in [-0.1, -0.05) is 42.5 Å². The largest absolute Gasteiger partial charge is 0.334 e. The molecule has 6 nitrogen and oxygen atoms in total. The fraction of sp³-hybridized carbons (Fsp3) is 0.550. The van der Waals surface area contributed by atoms with Crippen LogP contribution in [0.25, 0.3) is 0 Å². The molecule has 1 fully saturated rings. The maximum Gasteiger partial charge on any atom is 0.281 e. The molecule has 7 heteroatoms. The average molecular weight is 392 g/mol. The molecule has 3 rings (SSSR count). The van der Waals surface area contributed by atoms with E-state index >= 15 is 0 Å². The van der Waals surface area contributed by atoms with E-state index in [1.54, 1.807) is 14.1 Å². The van der Waals surface area contributed by atoms with Gasteiger partial charge in [0.2, 0.25) is 5.91 Å². The molecule has 1 aromatic rings. The summed E-state index contributed by atoms with van der Waals surface area (Å²) >= 11 is 0. The van der Waals surface area contributed by atoms with Gasteiger partial charge >= 0.3 is 0 Å². The van der Waals surface area contributed by atoms with E-state index in [4.69, 9.17) is 0 Å². The zero-order valence-electron chi connectivity index (χ0n) is 16.1. The zero-order valence-corrected chi connectivity index (χ0v) is 16.9. The van der Waals surface area contributed by atoms with Crippen molar-refractivity contribution in [1.82, 2.24) is 13.5 Å². The fourth-order valence-corrected chi connectivity index (χ4v) is 5.08. The minimum Gasteiger partial charge on any atom is -0.334 e. The Hall–Kier alpha value is -1.70. The molecule has 0 N–H and O–H groups in total. The monoisotopic (exact) mass is 391 g/mol. The van der Waals surface area contributed by atoms with Crippen LogP contribution in [0, 0.1) is 11.8 Å². The summed E-state index contributed by atoms with van der Waals surface area (Å²) in [6.07, 6.45) is 6.39.